The molecule has 10 heteroatoms. The van der Waals surface area contributed by atoms with Gasteiger partial charge in [-0.15, -0.1) is 0 Å². The van der Waals surface area contributed by atoms with E-state index in [9.17, 15) is 26.3 Å². The third-order valence-corrected chi connectivity index (χ3v) is 4.46. The summed E-state index contributed by atoms with van der Waals surface area (Å²) in [5.41, 5.74) is -5.31. The van der Waals surface area contributed by atoms with E-state index in [4.69, 9.17) is 14.0 Å². The summed E-state index contributed by atoms with van der Waals surface area (Å²) in [5.74, 6) is -0.751. The molecule has 0 N–H and O–H groups in total. The van der Waals surface area contributed by atoms with Crippen LogP contribution in [0.2, 0.25) is 0 Å². The van der Waals surface area contributed by atoms with Crippen molar-refractivity contribution in [2.24, 2.45) is 0 Å². The van der Waals surface area contributed by atoms with E-state index in [0.29, 0.717) is 6.07 Å². The Balaban J connectivity index is 2.69. The zero-order valence-corrected chi connectivity index (χ0v) is 14.2. The summed E-state index contributed by atoms with van der Waals surface area (Å²) in [6, 6.07) is 0.587. The highest BCUT2D eigenvalue weighted by molar-refractivity contribution is 6.63. The van der Waals surface area contributed by atoms with E-state index >= 15 is 0 Å². The standard InChI is InChI=1S/C15H17BF6O3/c1-12(2)13(3,4)25-16(24-12)10-7-8(14(17,18)19)6-9(11(10)23-5)15(20,21)22/h6-7H,1-5H3. The summed E-state index contributed by atoms with van der Waals surface area (Å²) in [6.07, 6.45) is -10.0. The van der Waals surface area contributed by atoms with Crippen molar-refractivity contribution in [3.8, 4) is 5.75 Å². The molecule has 2 rings (SSSR count). The molecule has 0 spiro atoms. The molecular weight excluding hydrogens is 353 g/mol. The van der Waals surface area contributed by atoms with Gasteiger partial charge < -0.3 is 14.0 Å². The maximum Gasteiger partial charge on any atom is 0.498 e. The molecule has 1 heterocycles. The first-order valence-corrected chi connectivity index (χ1v) is 7.32. The number of benzene rings is 1. The predicted molar refractivity (Wildman–Crippen MR) is 78.7 cm³/mol. The summed E-state index contributed by atoms with van der Waals surface area (Å²) in [6.45, 7) is 6.55. The molecule has 140 valence electrons. The molecule has 1 fully saturated rings. The molecule has 3 nitrogen and oxygen atoms in total. The fourth-order valence-electron chi connectivity index (χ4n) is 2.40. The molecule has 0 amide bonds. The van der Waals surface area contributed by atoms with Gasteiger partial charge in [-0.25, -0.2) is 0 Å². The molecule has 1 aliphatic heterocycles. The summed E-state index contributed by atoms with van der Waals surface area (Å²) in [7, 11) is -0.476. The number of ether oxygens (including phenoxy) is 1. The Morgan fingerprint density at radius 1 is 0.880 bits per heavy atom. The van der Waals surface area contributed by atoms with Crippen LogP contribution in [-0.2, 0) is 21.7 Å². The van der Waals surface area contributed by atoms with Crippen LogP contribution in [0, 0.1) is 0 Å². The third-order valence-electron chi connectivity index (χ3n) is 4.46. The van der Waals surface area contributed by atoms with Gasteiger partial charge in [0.15, 0.2) is 0 Å². The monoisotopic (exact) mass is 370 g/mol. The molecule has 0 atom stereocenters. The maximum absolute atomic E-state index is 13.2. The largest absolute Gasteiger partial charge is 0.498 e. The van der Waals surface area contributed by atoms with E-state index in [-0.39, 0.29) is 6.07 Å². The second-order valence-electron chi connectivity index (χ2n) is 6.73. The first-order chi connectivity index (χ1) is 11.1. The lowest BCUT2D eigenvalue weighted by atomic mass is 9.76. The zero-order chi connectivity index (χ0) is 19.4. The fourth-order valence-corrected chi connectivity index (χ4v) is 2.40. The molecule has 0 saturated carbocycles. The number of hydrogen-bond acceptors (Lipinski definition) is 3. The average molecular weight is 370 g/mol. The van der Waals surface area contributed by atoms with Crippen molar-refractivity contribution >= 4 is 12.6 Å². The molecule has 0 aromatic heterocycles. The predicted octanol–water partition coefficient (Wildman–Crippen LogP) is 4.03. The van der Waals surface area contributed by atoms with Crippen LogP contribution in [-0.4, -0.2) is 25.4 Å². The van der Waals surface area contributed by atoms with Crippen LogP contribution in [0.25, 0.3) is 0 Å². The van der Waals surface area contributed by atoms with Gasteiger partial charge in [0.25, 0.3) is 0 Å². The van der Waals surface area contributed by atoms with Crippen LogP contribution in [0.15, 0.2) is 12.1 Å². The maximum atomic E-state index is 13.2. The summed E-state index contributed by atoms with van der Waals surface area (Å²) < 4.78 is 94.9. The van der Waals surface area contributed by atoms with Gasteiger partial charge in [0.2, 0.25) is 0 Å². The molecule has 0 bridgehead atoms. The van der Waals surface area contributed by atoms with E-state index in [1.165, 1.54) is 0 Å². The summed E-state index contributed by atoms with van der Waals surface area (Å²) in [4.78, 5) is 0. The van der Waals surface area contributed by atoms with Crippen LogP contribution >= 0.6 is 0 Å². The Hall–Kier alpha value is -1.42. The number of hydrogen-bond donors (Lipinski definition) is 0. The van der Waals surface area contributed by atoms with E-state index < -0.39 is 53.0 Å². The zero-order valence-electron chi connectivity index (χ0n) is 14.2. The Kier molecular flexibility index (Phi) is 4.62. The molecule has 1 aromatic carbocycles. The smallest absolute Gasteiger partial charge is 0.496 e. The van der Waals surface area contributed by atoms with Crippen LogP contribution in [0.3, 0.4) is 0 Å². The quantitative estimate of drug-likeness (QED) is 0.581. The Morgan fingerprint density at radius 2 is 1.36 bits per heavy atom. The highest BCUT2D eigenvalue weighted by Crippen LogP contribution is 2.42. The van der Waals surface area contributed by atoms with Crippen molar-refractivity contribution in [3.05, 3.63) is 23.3 Å². The van der Waals surface area contributed by atoms with Crippen molar-refractivity contribution in [1.82, 2.24) is 0 Å². The normalized spacial score (nSPS) is 20.0. The van der Waals surface area contributed by atoms with E-state index in [2.05, 4.69) is 0 Å². The van der Waals surface area contributed by atoms with Crippen LogP contribution in [0.5, 0.6) is 5.75 Å². The van der Waals surface area contributed by atoms with Gasteiger partial charge in [0, 0.05) is 5.46 Å². The van der Waals surface area contributed by atoms with Gasteiger partial charge >= 0.3 is 19.5 Å². The Labute approximate surface area is 141 Å². The minimum absolute atomic E-state index is 0.0214. The Bertz CT molecular complexity index is 650. The van der Waals surface area contributed by atoms with E-state index in [1.807, 2.05) is 0 Å². The molecule has 25 heavy (non-hydrogen) atoms. The lowest BCUT2D eigenvalue weighted by Crippen LogP contribution is -2.41. The van der Waals surface area contributed by atoms with Crippen molar-refractivity contribution < 1.29 is 40.4 Å². The van der Waals surface area contributed by atoms with Crippen LogP contribution in [0.4, 0.5) is 26.3 Å². The number of rotatable bonds is 2. The third kappa shape index (κ3) is 3.60. The van der Waals surface area contributed by atoms with Crippen molar-refractivity contribution in [3.63, 3.8) is 0 Å². The van der Waals surface area contributed by atoms with Gasteiger partial charge in [-0.3, -0.25) is 0 Å². The van der Waals surface area contributed by atoms with Gasteiger partial charge in [0.05, 0.1) is 29.4 Å². The van der Waals surface area contributed by atoms with Gasteiger partial charge in [0.1, 0.15) is 5.75 Å². The second-order valence-corrected chi connectivity index (χ2v) is 6.73. The van der Waals surface area contributed by atoms with Crippen LogP contribution < -0.4 is 10.2 Å². The van der Waals surface area contributed by atoms with E-state index in [1.54, 1.807) is 27.7 Å². The highest BCUT2D eigenvalue weighted by atomic mass is 19.4. The van der Waals surface area contributed by atoms with Crippen LogP contribution in [0.1, 0.15) is 38.8 Å². The number of halogens is 6. The van der Waals surface area contributed by atoms with Crippen molar-refractivity contribution in [2.45, 2.75) is 51.2 Å². The fraction of sp³-hybridized carbons (Fsp3) is 0.600. The molecule has 0 unspecified atom stereocenters. The minimum atomic E-state index is -5.04. The van der Waals surface area contributed by atoms with Gasteiger partial charge in [-0.05, 0) is 39.8 Å². The molecule has 0 radical (unpaired) electrons. The molecule has 1 saturated heterocycles. The molecule has 0 aliphatic carbocycles. The first kappa shape index (κ1) is 19.9. The summed E-state index contributed by atoms with van der Waals surface area (Å²) in [5, 5.41) is 0. The second kappa shape index (κ2) is 5.80. The minimum Gasteiger partial charge on any atom is -0.496 e. The van der Waals surface area contributed by atoms with Gasteiger partial charge in [-0.1, -0.05) is 0 Å². The number of alkyl halides is 6. The lowest BCUT2D eigenvalue weighted by Gasteiger charge is -2.32. The SMILES string of the molecule is COc1c(B2OC(C)(C)C(C)(C)O2)cc(C(F)(F)F)cc1C(F)(F)F. The number of methoxy groups -OCH3 is 1. The topological polar surface area (TPSA) is 27.7 Å². The lowest BCUT2D eigenvalue weighted by molar-refractivity contribution is -0.143. The first-order valence-electron chi connectivity index (χ1n) is 7.32. The van der Waals surface area contributed by atoms with Crippen molar-refractivity contribution in [2.75, 3.05) is 7.11 Å². The summed E-state index contributed by atoms with van der Waals surface area (Å²) >= 11 is 0. The van der Waals surface area contributed by atoms with Gasteiger partial charge in [-0.2, -0.15) is 26.3 Å². The van der Waals surface area contributed by atoms with E-state index in [0.717, 1.165) is 7.11 Å². The average Bonchev–Trinajstić information content (AvgIpc) is 2.63. The highest BCUT2D eigenvalue weighted by Gasteiger charge is 2.54. The molecule has 1 aliphatic rings. The Morgan fingerprint density at radius 3 is 1.72 bits per heavy atom. The molecule has 1 aromatic rings. The molecular formula is C15H17BF6O3. The van der Waals surface area contributed by atoms with Crippen molar-refractivity contribution in [1.29, 1.82) is 0 Å².